The number of carbonyl (C=O) groups excluding carboxylic acids is 1. The molecule has 8 heteroatoms. The number of nitrogen functional groups attached to an aromatic ring is 1. The molecular formula is C23H26F3NO4. The summed E-state index contributed by atoms with van der Waals surface area (Å²) < 4.78 is 56.7. The highest BCUT2D eigenvalue weighted by Crippen LogP contribution is 2.44. The molecule has 1 aliphatic rings. The van der Waals surface area contributed by atoms with Gasteiger partial charge in [-0.3, -0.25) is 4.79 Å². The summed E-state index contributed by atoms with van der Waals surface area (Å²) in [7, 11) is 0. The van der Waals surface area contributed by atoms with Crippen LogP contribution < -0.4 is 19.9 Å². The van der Waals surface area contributed by atoms with Crippen molar-refractivity contribution in [1.82, 2.24) is 0 Å². The van der Waals surface area contributed by atoms with E-state index in [0.717, 1.165) is 28.3 Å². The number of nitrogens with two attached hydrogens (primary N) is 1. The van der Waals surface area contributed by atoms with Gasteiger partial charge in [-0.05, 0) is 75.4 Å². The fraction of sp³-hybridized carbons (Fsp3) is 0.435. The van der Waals surface area contributed by atoms with Crippen molar-refractivity contribution in [2.24, 2.45) is 0 Å². The van der Waals surface area contributed by atoms with Gasteiger partial charge in [0.05, 0.1) is 5.56 Å². The molecule has 2 aromatic rings. The van der Waals surface area contributed by atoms with Gasteiger partial charge in [0.1, 0.15) is 29.5 Å². The Balaban J connectivity index is 1.84. The Hall–Kier alpha value is -2.90. The molecule has 1 atom stereocenters. The number of alkyl halides is 3. The van der Waals surface area contributed by atoms with E-state index in [4.69, 9.17) is 19.9 Å². The van der Waals surface area contributed by atoms with Crippen LogP contribution in [0.4, 0.5) is 18.9 Å². The minimum absolute atomic E-state index is 0.0664. The third-order valence-corrected chi connectivity index (χ3v) is 5.68. The smallest absolute Gasteiger partial charge is 0.418 e. The predicted octanol–water partition coefficient (Wildman–Crippen LogP) is 5.30. The highest BCUT2D eigenvalue weighted by Gasteiger charge is 2.37. The quantitative estimate of drug-likeness (QED) is 0.399. The van der Waals surface area contributed by atoms with Gasteiger partial charge in [0.25, 0.3) is 0 Å². The van der Waals surface area contributed by atoms with E-state index in [1.54, 1.807) is 0 Å². The van der Waals surface area contributed by atoms with Gasteiger partial charge in [0.15, 0.2) is 0 Å². The van der Waals surface area contributed by atoms with E-state index in [1.807, 2.05) is 27.7 Å². The number of esters is 1. The summed E-state index contributed by atoms with van der Waals surface area (Å²) in [5.74, 6) is 0.943. The molecule has 0 amide bonds. The zero-order valence-electron chi connectivity index (χ0n) is 18.2. The Bertz CT molecular complexity index is 1030. The van der Waals surface area contributed by atoms with E-state index in [-0.39, 0.29) is 24.0 Å². The summed E-state index contributed by atoms with van der Waals surface area (Å²) in [6.45, 7) is 8.93. The van der Waals surface area contributed by atoms with Crippen molar-refractivity contribution in [1.29, 1.82) is 0 Å². The van der Waals surface area contributed by atoms with Crippen molar-refractivity contribution < 1.29 is 32.2 Å². The SMILES string of the molecule is CC(=O)Oc1c(C)c(C)c2c(c1C)CCC(C)(COc1ccc(N)c(C(F)(F)F)c1)O2. The van der Waals surface area contributed by atoms with Crippen molar-refractivity contribution in [3.05, 3.63) is 46.0 Å². The summed E-state index contributed by atoms with van der Waals surface area (Å²) in [6.07, 6.45) is -3.31. The standard InChI is InChI=1S/C23H26F3NO4/c1-12-13(2)21-17(14(3)20(12)30-15(4)28)8-9-22(5,31-21)11-29-16-6-7-19(27)18(10-16)23(24,25)26/h6-7,10H,8-9,11,27H2,1-5H3. The number of benzene rings is 2. The highest BCUT2D eigenvalue weighted by atomic mass is 19.4. The summed E-state index contributed by atoms with van der Waals surface area (Å²) in [5, 5.41) is 0. The lowest BCUT2D eigenvalue weighted by Crippen LogP contribution is -2.42. The lowest BCUT2D eigenvalue weighted by Gasteiger charge is -2.37. The summed E-state index contributed by atoms with van der Waals surface area (Å²) in [5.41, 5.74) is 6.92. The van der Waals surface area contributed by atoms with Crippen LogP contribution in [0.15, 0.2) is 18.2 Å². The summed E-state index contributed by atoms with van der Waals surface area (Å²) in [6, 6.07) is 3.50. The topological polar surface area (TPSA) is 70.8 Å². The number of halogens is 3. The maximum Gasteiger partial charge on any atom is 0.418 e. The van der Waals surface area contributed by atoms with Crippen LogP contribution in [0.1, 0.15) is 48.1 Å². The first-order valence-electron chi connectivity index (χ1n) is 9.92. The largest absolute Gasteiger partial charge is 0.489 e. The maximum atomic E-state index is 13.1. The minimum Gasteiger partial charge on any atom is -0.489 e. The molecular weight excluding hydrogens is 411 g/mol. The Morgan fingerprint density at radius 3 is 2.48 bits per heavy atom. The number of anilines is 1. The van der Waals surface area contributed by atoms with Crippen LogP contribution in [0.2, 0.25) is 0 Å². The van der Waals surface area contributed by atoms with Crippen molar-refractivity contribution >= 4 is 11.7 Å². The number of ether oxygens (including phenoxy) is 3. The first-order chi connectivity index (χ1) is 14.3. The molecule has 168 valence electrons. The van der Waals surface area contributed by atoms with Crippen LogP contribution in [-0.4, -0.2) is 18.2 Å². The molecule has 0 aromatic heterocycles. The Morgan fingerprint density at radius 1 is 1.19 bits per heavy atom. The predicted molar refractivity (Wildman–Crippen MR) is 111 cm³/mol. The van der Waals surface area contributed by atoms with E-state index in [1.165, 1.54) is 19.1 Å². The van der Waals surface area contributed by atoms with Crippen LogP contribution >= 0.6 is 0 Å². The number of fused-ring (bicyclic) bond motifs is 1. The van der Waals surface area contributed by atoms with Gasteiger partial charge in [-0.15, -0.1) is 0 Å². The molecule has 31 heavy (non-hydrogen) atoms. The van der Waals surface area contributed by atoms with Crippen molar-refractivity contribution in [3.63, 3.8) is 0 Å². The highest BCUT2D eigenvalue weighted by molar-refractivity contribution is 5.72. The van der Waals surface area contributed by atoms with Crippen molar-refractivity contribution in [3.8, 4) is 17.2 Å². The second-order valence-corrected chi connectivity index (χ2v) is 8.19. The zero-order chi connectivity index (χ0) is 23.1. The van der Waals surface area contributed by atoms with Crippen molar-refractivity contribution in [2.75, 3.05) is 12.3 Å². The summed E-state index contributed by atoms with van der Waals surface area (Å²) >= 11 is 0. The molecule has 0 spiro atoms. The molecule has 0 fully saturated rings. The fourth-order valence-electron chi connectivity index (χ4n) is 3.79. The molecule has 2 N–H and O–H groups in total. The van der Waals surface area contributed by atoms with Gasteiger partial charge >= 0.3 is 12.1 Å². The fourth-order valence-corrected chi connectivity index (χ4v) is 3.79. The van der Waals surface area contributed by atoms with Crippen LogP contribution in [0.5, 0.6) is 17.2 Å². The zero-order valence-corrected chi connectivity index (χ0v) is 18.2. The monoisotopic (exact) mass is 437 g/mol. The lowest BCUT2D eigenvalue weighted by atomic mass is 9.87. The van der Waals surface area contributed by atoms with E-state index >= 15 is 0 Å². The molecule has 1 aliphatic heterocycles. The third kappa shape index (κ3) is 4.57. The molecule has 0 aliphatic carbocycles. The first kappa shape index (κ1) is 22.8. The molecule has 0 radical (unpaired) electrons. The van der Waals surface area contributed by atoms with Gasteiger partial charge in [0.2, 0.25) is 0 Å². The first-order valence-corrected chi connectivity index (χ1v) is 9.92. The van der Waals surface area contributed by atoms with Gasteiger partial charge in [-0.25, -0.2) is 0 Å². The van der Waals surface area contributed by atoms with Crippen LogP contribution in [0.25, 0.3) is 0 Å². The number of hydrogen-bond donors (Lipinski definition) is 1. The van der Waals surface area contributed by atoms with Crippen LogP contribution in [0, 0.1) is 20.8 Å². The molecule has 5 nitrogen and oxygen atoms in total. The van der Waals surface area contributed by atoms with Gasteiger partial charge in [-0.2, -0.15) is 13.2 Å². The molecule has 0 saturated carbocycles. The molecule has 3 rings (SSSR count). The molecule has 0 saturated heterocycles. The third-order valence-electron chi connectivity index (χ3n) is 5.68. The van der Waals surface area contributed by atoms with Crippen molar-refractivity contribution in [2.45, 2.75) is 59.2 Å². The molecule has 0 bridgehead atoms. The second kappa shape index (κ2) is 7.98. The van der Waals surface area contributed by atoms with Crippen LogP contribution in [0.3, 0.4) is 0 Å². The van der Waals surface area contributed by atoms with E-state index in [2.05, 4.69) is 0 Å². The van der Waals surface area contributed by atoms with Gasteiger partial charge < -0.3 is 19.9 Å². The Kier molecular flexibility index (Phi) is 5.86. The Morgan fingerprint density at radius 2 is 1.87 bits per heavy atom. The average Bonchev–Trinajstić information content (AvgIpc) is 2.68. The number of carbonyl (C=O) groups is 1. The normalized spacial score (nSPS) is 18.2. The maximum absolute atomic E-state index is 13.1. The van der Waals surface area contributed by atoms with Gasteiger partial charge in [-0.1, -0.05) is 0 Å². The Labute approximate surface area is 179 Å². The van der Waals surface area contributed by atoms with E-state index < -0.39 is 17.3 Å². The van der Waals surface area contributed by atoms with E-state index in [9.17, 15) is 18.0 Å². The summed E-state index contributed by atoms with van der Waals surface area (Å²) in [4.78, 5) is 11.5. The molecule has 1 unspecified atom stereocenters. The second-order valence-electron chi connectivity index (χ2n) is 8.19. The molecule has 1 heterocycles. The number of hydrogen-bond acceptors (Lipinski definition) is 5. The molecule has 2 aromatic carbocycles. The number of rotatable bonds is 4. The van der Waals surface area contributed by atoms with Crippen LogP contribution in [-0.2, 0) is 17.4 Å². The lowest BCUT2D eigenvalue weighted by molar-refractivity contribution is -0.137. The average molecular weight is 437 g/mol. The van der Waals surface area contributed by atoms with E-state index in [0.29, 0.717) is 24.3 Å². The minimum atomic E-state index is -4.56. The van der Waals surface area contributed by atoms with Gasteiger partial charge in [0, 0.05) is 18.2 Å².